The minimum atomic E-state index is -4.42. The number of nitrogens with zero attached hydrogens (tertiary/aromatic N) is 2. The Morgan fingerprint density at radius 3 is 2.67 bits per heavy atom. The van der Waals surface area contributed by atoms with E-state index in [4.69, 9.17) is 4.74 Å². The Kier molecular flexibility index (Phi) is 3.44. The van der Waals surface area contributed by atoms with E-state index in [1.54, 1.807) is 12.1 Å². The van der Waals surface area contributed by atoms with E-state index >= 15 is 0 Å². The molecule has 1 N–H and O–H groups in total. The van der Waals surface area contributed by atoms with Crippen LogP contribution in [0.1, 0.15) is 18.4 Å². The van der Waals surface area contributed by atoms with Crippen LogP contribution in [0.15, 0.2) is 36.7 Å². The number of nitrogens with one attached hydrogen (secondary N) is 1. The van der Waals surface area contributed by atoms with Gasteiger partial charge >= 0.3 is 6.18 Å². The summed E-state index contributed by atoms with van der Waals surface area (Å²) in [4.78, 5) is 4.20. The summed E-state index contributed by atoms with van der Waals surface area (Å²) in [5.41, 5.74) is 0.651. The first-order valence-electron chi connectivity index (χ1n) is 7.64. The maximum atomic E-state index is 13.1. The van der Waals surface area contributed by atoms with Gasteiger partial charge in [0.25, 0.3) is 0 Å². The van der Waals surface area contributed by atoms with Crippen molar-refractivity contribution in [2.24, 2.45) is 5.92 Å². The molecule has 1 aromatic carbocycles. The largest absolute Gasteiger partial charge is 0.477 e. The van der Waals surface area contributed by atoms with E-state index in [2.05, 4.69) is 15.2 Å². The molecule has 0 spiro atoms. The second-order valence-corrected chi connectivity index (χ2v) is 5.99. The van der Waals surface area contributed by atoms with Gasteiger partial charge in [0.15, 0.2) is 0 Å². The van der Waals surface area contributed by atoms with Crippen LogP contribution >= 0.6 is 0 Å². The highest BCUT2D eigenvalue weighted by Crippen LogP contribution is 2.36. The number of aromatic amines is 1. The van der Waals surface area contributed by atoms with Gasteiger partial charge in [0.1, 0.15) is 0 Å². The molecule has 0 radical (unpaired) electrons. The van der Waals surface area contributed by atoms with Gasteiger partial charge in [-0.15, -0.1) is 0 Å². The Labute approximate surface area is 135 Å². The Morgan fingerprint density at radius 1 is 1.17 bits per heavy atom. The Hall–Kier alpha value is -2.57. The molecule has 4 nitrogen and oxygen atoms in total. The molecule has 0 unspecified atom stereocenters. The Balaban J connectivity index is 1.70. The van der Waals surface area contributed by atoms with Crippen molar-refractivity contribution >= 4 is 10.9 Å². The van der Waals surface area contributed by atoms with Gasteiger partial charge in [-0.25, -0.2) is 4.98 Å². The second kappa shape index (κ2) is 5.51. The fourth-order valence-corrected chi connectivity index (χ4v) is 2.57. The third-order valence-corrected chi connectivity index (χ3v) is 4.10. The lowest BCUT2D eigenvalue weighted by molar-refractivity contribution is -0.137. The first kappa shape index (κ1) is 15.0. The average Bonchev–Trinajstić information content (AvgIpc) is 3.26. The highest BCUT2D eigenvalue weighted by atomic mass is 19.4. The number of ether oxygens (including phenoxy) is 1. The summed E-state index contributed by atoms with van der Waals surface area (Å²) in [6.07, 6.45) is 0.989. The van der Waals surface area contributed by atoms with Crippen LogP contribution in [0.4, 0.5) is 13.2 Å². The van der Waals surface area contributed by atoms with E-state index in [0.717, 1.165) is 12.1 Å². The molecule has 1 aliphatic carbocycles. The molecule has 2 heterocycles. The van der Waals surface area contributed by atoms with E-state index in [1.165, 1.54) is 25.2 Å². The topological polar surface area (TPSA) is 50.8 Å². The van der Waals surface area contributed by atoms with Gasteiger partial charge in [-0.1, -0.05) is 0 Å². The van der Waals surface area contributed by atoms with Gasteiger partial charge < -0.3 is 4.74 Å². The van der Waals surface area contributed by atoms with Gasteiger partial charge in [-0.3, -0.25) is 5.10 Å². The second-order valence-electron chi connectivity index (χ2n) is 5.99. The molecular weight excluding hydrogens is 319 g/mol. The molecule has 124 valence electrons. The molecule has 24 heavy (non-hydrogen) atoms. The van der Waals surface area contributed by atoms with Crippen molar-refractivity contribution in [3.8, 4) is 17.0 Å². The van der Waals surface area contributed by atoms with Crippen molar-refractivity contribution in [3.05, 3.63) is 42.2 Å². The SMILES string of the molecule is FC(F)(F)c1cc(-c2ccc(OCC3CC3)nc2)c2cn[nH]c2c1. The highest BCUT2D eigenvalue weighted by molar-refractivity contribution is 5.94. The van der Waals surface area contributed by atoms with Crippen LogP contribution in [0.5, 0.6) is 5.88 Å². The zero-order valence-corrected chi connectivity index (χ0v) is 12.6. The average molecular weight is 333 g/mol. The van der Waals surface area contributed by atoms with E-state index in [0.29, 0.717) is 40.4 Å². The molecule has 0 atom stereocenters. The Morgan fingerprint density at radius 2 is 2.00 bits per heavy atom. The number of halogens is 3. The number of alkyl halides is 3. The maximum absolute atomic E-state index is 13.1. The lowest BCUT2D eigenvalue weighted by Gasteiger charge is -2.11. The van der Waals surface area contributed by atoms with E-state index in [-0.39, 0.29) is 0 Å². The minimum absolute atomic E-state index is 0.342. The molecule has 0 saturated heterocycles. The van der Waals surface area contributed by atoms with Crippen molar-refractivity contribution in [2.45, 2.75) is 19.0 Å². The fourth-order valence-electron chi connectivity index (χ4n) is 2.57. The molecule has 7 heteroatoms. The van der Waals surface area contributed by atoms with Gasteiger partial charge in [0.2, 0.25) is 5.88 Å². The number of pyridine rings is 1. The number of hydrogen-bond acceptors (Lipinski definition) is 3. The molecule has 4 rings (SSSR count). The minimum Gasteiger partial charge on any atom is -0.477 e. The van der Waals surface area contributed by atoms with Crippen molar-refractivity contribution in [2.75, 3.05) is 6.61 Å². The highest BCUT2D eigenvalue weighted by Gasteiger charge is 2.31. The lowest BCUT2D eigenvalue weighted by Crippen LogP contribution is -2.05. The third-order valence-electron chi connectivity index (χ3n) is 4.10. The monoisotopic (exact) mass is 333 g/mol. The van der Waals surface area contributed by atoms with Crippen molar-refractivity contribution in [1.29, 1.82) is 0 Å². The van der Waals surface area contributed by atoms with Crippen LogP contribution in [0.25, 0.3) is 22.0 Å². The number of benzene rings is 1. The van der Waals surface area contributed by atoms with Gasteiger partial charge in [-0.2, -0.15) is 18.3 Å². The van der Waals surface area contributed by atoms with Gasteiger partial charge in [0.05, 0.1) is 23.9 Å². The summed E-state index contributed by atoms with van der Waals surface area (Å²) in [6.45, 7) is 0.641. The molecule has 1 saturated carbocycles. The molecule has 0 aliphatic heterocycles. The van der Waals surface area contributed by atoms with Gasteiger partial charge in [0, 0.05) is 23.2 Å². The zero-order valence-electron chi connectivity index (χ0n) is 12.6. The molecular formula is C17H14F3N3O. The van der Waals surface area contributed by atoms with E-state index in [1.807, 2.05) is 0 Å². The summed E-state index contributed by atoms with van der Waals surface area (Å²) in [6, 6.07) is 5.59. The van der Waals surface area contributed by atoms with Crippen LogP contribution in [-0.4, -0.2) is 21.8 Å². The summed E-state index contributed by atoms with van der Waals surface area (Å²) in [5.74, 6) is 1.10. The smallest absolute Gasteiger partial charge is 0.416 e. The first-order chi connectivity index (χ1) is 11.5. The predicted molar refractivity (Wildman–Crippen MR) is 82.5 cm³/mol. The first-order valence-corrected chi connectivity index (χ1v) is 7.64. The third kappa shape index (κ3) is 2.93. The summed E-state index contributed by atoms with van der Waals surface area (Å²) in [5, 5.41) is 7.07. The number of hydrogen-bond donors (Lipinski definition) is 1. The van der Waals surface area contributed by atoms with Crippen molar-refractivity contribution < 1.29 is 17.9 Å². The predicted octanol–water partition coefficient (Wildman–Crippen LogP) is 4.43. The fraction of sp³-hybridized carbons (Fsp3) is 0.294. The van der Waals surface area contributed by atoms with Crippen molar-refractivity contribution in [3.63, 3.8) is 0 Å². The lowest BCUT2D eigenvalue weighted by atomic mass is 10.0. The molecule has 1 aliphatic rings. The van der Waals surface area contributed by atoms with E-state index in [9.17, 15) is 13.2 Å². The van der Waals surface area contributed by atoms with Crippen LogP contribution in [0.3, 0.4) is 0 Å². The van der Waals surface area contributed by atoms with Crippen LogP contribution in [0, 0.1) is 5.92 Å². The van der Waals surface area contributed by atoms with Crippen LogP contribution in [0.2, 0.25) is 0 Å². The van der Waals surface area contributed by atoms with Crippen LogP contribution < -0.4 is 4.74 Å². The number of H-pyrrole nitrogens is 1. The molecule has 0 amide bonds. The molecule has 0 bridgehead atoms. The summed E-state index contributed by atoms with van der Waals surface area (Å²) < 4.78 is 44.8. The van der Waals surface area contributed by atoms with E-state index < -0.39 is 11.7 Å². The Bertz CT molecular complexity index is 867. The number of fused-ring (bicyclic) bond motifs is 1. The summed E-state index contributed by atoms with van der Waals surface area (Å²) in [7, 11) is 0. The zero-order chi connectivity index (χ0) is 16.7. The quantitative estimate of drug-likeness (QED) is 0.768. The number of aromatic nitrogens is 3. The number of rotatable bonds is 4. The van der Waals surface area contributed by atoms with Crippen LogP contribution in [-0.2, 0) is 6.18 Å². The summed E-state index contributed by atoms with van der Waals surface area (Å²) >= 11 is 0. The maximum Gasteiger partial charge on any atom is 0.416 e. The molecule has 3 aromatic rings. The van der Waals surface area contributed by atoms with Crippen molar-refractivity contribution in [1.82, 2.24) is 15.2 Å². The standard InChI is InChI=1S/C17H14F3N3O/c18-17(19,20)12-5-13(14-8-22-23-15(14)6-12)11-3-4-16(21-7-11)24-9-10-1-2-10/h3-8,10H,1-2,9H2,(H,22,23). The molecule has 1 fully saturated rings. The van der Waals surface area contributed by atoms with Gasteiger partial charge in [-0.05, 0) is 42.5 Å². The normalized spacial score (nSPS) is 15.0. The molecule has 2 aromatic heterocycles.